The van der Waals surface area contributed by atoms with Gasteiger partial charge in [-0.25, -0.2) is 4.79 Å². The van der Waals surface area contributed by atoms with Crippen molar-refractivity contribution in [2.45, 2.75) is 25.2 Å². The van der Waals surface area contributed by atoms with Gasteiger partial charge in [-0.1, -0.05) is 78.9 Å². The molecular weight excluding hydrogens is 398 g/mol. The van der Waals surface area contributed by atoms with Gasteiger partial charge in [0.25, 0.3) is 0 Å². The summed E-state index contributed by atoms with van der Waals surface area (Å²) in [6.45, 7) is -0.281. The number of hydrogen-bond acceptors (Lipinski definition) is 4. The summed E-state index contributed by atoms with van der Waals surface area (Å²) < 4.78 is 5.54. The number of aromatic nitrogens is 1. The average molecular weight is 421 g/mol. The Labute approximate surface area is 186 Å². The van der Waals surface area contributed by atoms with Crippen LogP contribution in [0.25, 0.3) is 10.9 Å². The average Bonchev–Trinajstić information content (AvgIpc) is 2.86. The smallest absolute Gasteiger partial charge is 0.339 e. The van der Waals surface area contributed by atoms with Gasteiger partial charge in [0.15, 0.2) is 12.4 Å². The van der Waals surface area contributed by atoms with Crippen LogP contribution in [0.15, 0.2) is 84.9 Å². The molecule has 0 N–H and O–H groups in total. The molecule has 3 aromatic carbocycles. The Bertz CT molecular complexity index is 1280. The van der Waals surface area contributed by atoms with E-state index in [9.17, 15) is 9.59 Å². The fraction of sp³-hybridized carbons (Fsp3) is 0.179. The topological polar surface area (TPSA) is 56.3 Å². The molecule has 0 saturated carbocycles. The van der Waals surface area contributed by atoms with E-state index in [1.807, 2.05) is 48.5 Å². The van der Waals surface area contributed by atoms with E-state index in [2.05, 4.69) is 12.1 Å². The van der Waals surface area contributed by atoms with Crippen molar-refractivity contribution < 1.29 is 14.3 Å². The van der Waals surface area contributed by atoms with Gasteiger partial charge in [0.2, 0.25) is 0 Å². The highest BCUT2D eigenvalue weighted by molar-refractivity contribution is 6.06. The number of esters is 1. The van der Waals surface area contributed by atoms with Gasteiger partial charge in [0.1, 0.15) is 0 Å². The van der Waals surface area contributed by atoms with E-state index >= 15 is 0 Å². The zero-order chi connectivity index (χ0) is 21.9. The van der Waals surface area contributed by atoms with E-state index in [1.54, 1.807) is 24.3 Å². The Morgan fingerprint density at radius 1 is 0.875 bits per heavy atom. The van der Waals surface area contributed by atoms with Gasteiger partial charge in [-0.2, -0.15) is 0 Å². The molecule has 32 heavy (non-hydrogen) atoms. The molecule has 0 bridgehead atoms. The number of carbonyl (C=O) groups excluding carboxylic acids is 2. The second kappa shape index (κ2) is 8.75. The highest BCUT2D eigenvalue weighted by atomic mass is 16.5. The number of carbonyl (C=O) groups is 2. The fourth-order valence-electron chi connectivity index (χ4n) is 4.54. The number of para-hydroxylation sites is 1. The molecule has 1 heterocycles. The van der Waals surface area contributed by atoms with Crippen molar-refractivity contribution in [2.24, 2.45) is 0 Å². The molecule has 0 radical (unpaired) electrons. The molecule has 1 aromatic heterocycles. The lowest BCUT2D eigenvalue weighted by Gasteiger charge is -2.26. The Morgan fingerprint density at radius 2 is 1.56 bits per heavy atom. The van der Waals surface area contributed by atoms with Crippen molar-refractivity contribution in [2.75, 3.05) is 6.61 Å². The van der Waals surface area contributed by atoms with Crippen LogP contribution in [0.1, 0.15) is 49.9 Å². The summed E-state index contributed by atoms with van der Waals surface area (Å²) in [6.07, 6.45) is 2.53. The van der Waals surface area contributed by atoms with Crippen molar-refractivity contribution in [3.05, 3.63) is 113 Å². The first-order chi connectivity index (χ1) is 15.7. The molecule has 0 saturated heterocycles. The van der Waals surface area contributed by atoms with Gasteiger partial charge in [-0.3, -0.25) is 9.78 Å². The lowest BCUT2D eigenvalue weighted by atomic mass is 9.80. The maximum atomic E-state index is 13.3. The van der Waals surface area contributed by atoms with Crippen LogP contribution in [0.5, 0.6) is 0 Å². The van der Waals surface area contributed by atoms with Gasteiger partial charge in [-0.15, -0.1) is 0 Å². The molecule has 0 fully saturated rings. The number of hydrogen-bond donors (Lipinski definition) is 0. The van der Waals surface area contributed by atoms with Crippen molar-refractivity contribution in [1.29, 1.82) is 0 Å². The first-order valence-corrected chi connectivity index (χ1v) is 10.9. The molecule has 0 aliphatic heterocycles. The van der Waals surface area contributed by atoms with E-state index in [1.165, 1.54) is 5.56 Å². The molecule has 4 heteroatoms. The molecule has 0 spiro atoms. The summed E-state index contributed by atoms with van der Waals surface area (Å²) >= 11 is 0. The van der Waals surface area contributed by atoms with Crippen LogP contribution in [0.4, 0.5) is 0 Å². The SMILES string of the molecule is O=C(COC(=O)c1c2c(nc3ccccc13)CCC(c1ccccc1)C2)c1ccccc1. The molecule has 0 amide bonds. The Balaban J connectivity index is 1.49. The Morgan fingerprint density at radius 3 is 2.34 bits per heavy atom. The number of ether oxygens (including phenoxy) is 1. The lowest BCUT2D eigenvalue weighted by molar-refractivity contribution is 0.0475. The minimum Gasteiger partial charge on any atom is -0.454 e. The molecule has 4 nitrogen and oxygen atoms in total. The van der Waals surface area contributed by atoms with E-state index in [-0.39, 0.29) is 12.4 Å². The Hall–Kier alpha value is -3.79. The zero-order valence-corrected chi connectivity index (χ0v) is 17.7. The predicted octanol–water partition coefficient (Wildman–Crippen LogP) is 5.55. The fourth-order valence-corrected chi connectivity index (χ4v) is 4.54. The quantitative estimate of drug-likeness (QED) is 0.313. The number of rotatable bonds is 5. The third-order valence-corrected chi connectivity index (χ3v) is 6.16. The minimum absolute atomic E-state index is 0.214. The molecule has 1 aliphatic carbocycles. The van der Waals surface area contributed by atoms with Crippen LogP contribution in [0.3, 0.4) is 0 Å². The normalized spacial score (nSPS) is 15.2. The summed E-state index contributed by atoms with van der Waals surface area (Å²) in [6, 6.07) is 26.9. The van der Waals surface area contributed by atoms with Gasteiger partial charge in [0.05, 0.1) is 11.1 Å². The number of pyridine rings is 1. The first kappa shape index (κ1) is 20.1. The van der Waals surface area contributed by atoms with Crippen LogP contribution in [0, 0.1) is 0 Å². The van der Waals surface area contributed by atoms with Gasteiger partial charge < -0.3 is 4.74 Å². The molecule has 1 unspecified atom stereocenters. The maximum Gasteiger partial charge on any atom is 0.339 e. The molecule has 5 rings (SSSR count). The van der Waals surface area contributed by atoms with E-state index in [0.717, 1.165) is 41.4 Å². The minimum atomic E-state index is -0.460. The van der Waals surface area contributed by atoms with Crippen molar-refractivity contribution >= 4 is 22.7 Å². The highest BCUT2D eigenvalue weighted by Crippen LogP contribution is 2.36. The van der Waals surface area contributed by atoms with Gasteiger partial charge in [0, 0.05) is 16.6 Å². The lowest BCUT2D eigenvalue weighted by Crippen LogP contribution is -2.21. The summed E-state index contributed by atoms with van der Waals surface area (Å²) in [5.74, 6) is -0.352. The van der Waals surface area contributed by atoms with Crippen molar-refractivity contribution in [1.82, 2.24) is 4.98 Å². The monoisotopic (exact) mass is 421 g/mol. The number of aryl methyl sites for hydroxylation is 1. The van der Waals surface area contributed by atoms with Crippen molar-refractivity contribution in [3.8, 4) is 0 Å². The molecular formula is C28H23NO3. The second-order valence-corrected chi connectivity index (χ2v) is 8.14. The van der Waals surface area contributed by atoms with E-state index < -0.39 is 5.97 Å². The van der Waals surface area contributed by atoms with Crippen LogP contribution in [-0.4, -0.2) is 23.3 Å². The number of fused-ring (bicyclic) bond motifs is 2. The summed E-state index contributed by atoms with van der Waals surface area (Å²) in [4.78, 5) is 30.6. The summed E-state index contributed by atoms with van der Waals surface area (Å²) in [5, 5.41) is 0.775. The predicted molar refractivity (Wildman–Crippen MR) is 124 cm³/mol. The molecule has 4 aromatic rings. The molecule has 1 aliphatic rings. The van der Waals surface area contributed by atoms with E-state index in [0.29, 0.717) is 17.0 Å². The van der Waals surface area contributed by atoms with Gasteiger partial charge in [-0.05, 0) is 42.4 Å². The highest BCUT2D eigenvalue weighted by Gasteiger charge is 2.28. The van der Waals surface area contributed by atoms with Crippen LogP contribution in [0.2, 0.25) is 0 Å². The third-order valence-electron chi connectivity index (χ3n) is 6.16. The van der Waals surface area contributed by atoms with Crippen molar-refractivity contribution in [3.63, 3.8) is 0 Å². The molecule has 158 valence electrons. The number of ketones is 1. The standard InChI is InChI=1S/C28H23NO3/c30-26(20-11-5-2-6-12-20)18-32-28(31)27-22-13-7-8-14-24(22)29-25-16-15-21(17-23(25)27)19-9-3-1-4-10-19/h1-14,21H,15-18H2. The van der Waals surface area contributed by atoms with E-state index in [4.69, 9.17) is 9.72 Å². The maximum absolute atomic E-state index is 13.3. The Kier molecular flexibility index (Phi) is 5.51. The number of nitrogens with zero attached hydrogens (tertiary/aromatic N) is 1. The number of benzene rings is 3. The summed E-state index contributed by atoms with van der Waals surface area (Å²) in [7, 11) is 0. The largest absolute Gasteiger partial charge is 0.454 e. The van der Waals surface area contributed by atoms with Crippen LogP contribution in [-0.2, 0) is 17.6 Å². The first-order valence-electron chi connectivity index (χ1n) is 10.9. The van der Waals surface area contributed by atoms with Crippen LogP contribution < -0.4 is 0 Å². The number of Topliss-reactive ketones (excluding diaryl/α,β-unsaturated/α-hetero) is 1. The zero-order valence-electron chi connectivity index (χ0n) is 17.7. The van der Waals surface area contributed by atoms with Gasteiger partial charge >= 0.3 is 5.97 Å². The second-order valence-electron chi connectivity index (χ2n) is 8.14. The van der Waals surface area contributed by atoms with Crippen LogP contribution >= 0.6 is 0 Å². The molecule has 1 atom stereocenters. The summed E-state index contributed by atoms with van der Waals surface area (Å²) in [5.41, 5.74) is 5.03. The third kappa shape index (κ3) is 3.92.